The summed E-state index contributed by atoms with van der Waals surface area (Å²) < 4.78 is 52.0. The van der Waals surface area contributed by atoms with Crippen molar-refractivity contribution in [3.8, 4) is 23.0 Å². The Labute approximate surface area is 368 Å². The maximum atomic E-state index is 13.0. The number of fused-ring (bicyclic) bond motifs is 2. The second kappa shape index (κ2) is 22.3. The van der Waals surface area contributed by atoms with Crippen molar-refractivity contribution in [2.75, 3.05) is 28.4 Å². The molecule has 2 unspecified atom stereocenters. The monoisotopic (exact) mass is 866 g/mol. The number of carboxylic acid groups (broad SMARTS) is 1. The highest BCUT2D eigenvalue weighted by Crippen LogP contribution is 2.39. The van der Waals surface area contributed by atoms with Gasteiger partial charge in [-0.3, -0.25) is 0 Å². The van der Waals surface area contributed by atoms with E-state index in [4.69, 9.17) is 42.6 Å². The summed E-state index contributed by atoms with van der Waals surface area (Å²) in [6, 6.07) is 5.21. The van der Waals surface area contributed by atoms with Gasteiger partial charge in [-0.25, -0.2) is 9.59 Å². The second-order valence-electron chi connectivity index (χ2n) is 17.3. The Morgan fingerprint density at radius 3 is 2.21 bits per heavy atom. The number of aliphatic hydroxyl groups excluding tert-OH is 1. The maximum absolute atomic E-state index is 13.0. The molecule has 0 aliphatic carbocycles. The Kier molecular flexibility index (Phi) is 18.1. The van der Waals surface area contributed by atoms with E-state index in [2.05, 4.69) is 26.0 Å². The molecule has 2 aromatic carbocycles. The summed E-state index contributed by atoms with van der Waals surface area (Å²) in [6.07, 6.45) is 15.0. The molecule has 2 saturated heterocycles. The molecule has 0 radical (unpaired) electrons. The first-order valence-corrected chi connectivity index (χ1v) is 21.6. The molecule has 3 aliphatic heterocycles. The van der Waals surface area contributed by atoms with Crippen molar-refractivity contribution in [3.63, 3.8) is 0 Å². The van der Waals surface area contributed by atoms with Crippen LogP contribution >= 0.6 is 0 Å². The van der Waals surface area contributed by atoms with Crippen LogP contribution in [0.15, 0.2) is 48.6 Å². The van der Waals surface area contributed by atoms with Gasteiger partial charge >= 0.3 is 11.9 Å². The maximum Gasteiger partial charge on any atom is 0.342 e. The van der Waals surface area contributed by atoms with Crippen molar-refractivity contribution in [2.45, 2.75) is 149 Å². The number of ether oxygens (including phenoxy) is 9. The number of methoxy groups -OCH3 is 4. The zero-order valence-corrected chi connectivity index (χ0v) is 38.9. The van der Waals surface area contributed by atoms with Gasteiger partial charge in [0.25, 0.3) is 0 Å². The molecule has 0 bridgehead atoms. The van der Waals surface area contributed by atoms with E-state index in [1.807, 2.05) is 65.8 Å². The quantitative estimate of drug-likeness (QED) is 0.154. The number of aryl methyl sites for hydroxylation is 1. The first-order chi connectivity index (χ1) is 29.2. The van der Waals surface area contributed by atoms with Crippen LogP contribution in [0.2, 0.25) is 0 Å². The second-order valence-corrected chi connectivity index (χ2v) is 17.3. The van der Waals surface area contributed by atoms with E-state index in [1.54, 1.807) is 46.5 Å². The minimum Gasteiger partial charge on any atom is -0.497 e. The average molecular weight is 867 g/mol. The molecular formula is C49H70O13. The van der Waals surface area contributed by atoms with Gasteiger partial charge in [0.05, 0.1) is 59.0 Å². The first-order valence-electron chi connectivity index (χ1n) is 21.6. The molecule has 3 aliphatic rings. The van der Waals surface area contributed by atoms with Crippen LogP contribution in [0.4, 0.5) is 0 Å². The fourth-order valence-corrected chi connectivity index (χ4v) is 8.23. The molecule has 2 fully saturated rings. The zero-order valence-electron chi connectivity index (χ0n) is 38.9. The number of carboxylic acids is 1. The standard InChI is InChI=1S/C25H36O7.C24H34O6/c1-15(10-8-11-16(2)26)23-19(31-25(4,5)32-23)13-9-12-18-17(3)20(29-6)14-21(30-7)22(18)24(27)28;1-15-9-7-10-16(2)28-23(25)21-17(13-18(26-5)14-20(21)27-6)11-8-12-19-22(15)30-24(3,4)29-19/h8-10,12,14-16,19,23,26H,11,13H2,1-7H3,(H,27,28);7,9,13-16,19,22H,8,10-12H2,1-6H3/b10-8-,12-9+;9-7-/t15?,16-,19+,23-;15?,16-,19-,22+/m10/s1. The summed E-state index contributed by atoms with van der Waals surface area (Å²) in [4.78, 5) is 24.9. The third-order valence-corrected chi connectivity index (χ3v) is 11.2. The van der Waals surface area contributed by atoms with E-state index in [-0.39, 0.29) is 65.7 Å². The van der Waals surface area contributed by atoms with Gasteiger partial charge in [0, 0.05) is 30.4 Å². The van der Waals surface area contributed by atoms with E-state index in [0.29, 0.717) is 54.1 Å². The molecule has 5 rings (SSSR count). The van der Waals surface area contributed by atoms with E-state index >= 15 is 0 Å². The van der Waals surface area contributed by atoms with E-state index in [0.717, 1.165) is 24.0 Å². The molecule has 2 N–H and O–H groups in total. The predicted octanol–water partition coefficient (Wildman–Crippen LogP) is 9.28. The smallest absolute Gasteiger partial charge is 0.342 e. The Hall–Kier alpha value is -4.40. The Balaban J connectivity index is 0.000000273. The summed E-state index contributed by atoms with van der Waals surface area (Å²) in [5.41, 5.74) is 2.68. The SMILES string of the molecule is COc1cc(OC)c(C(=O)O)c(/C=C/C[C@@H]2OC(C)(C)O[C@@H]2C(C)/C=C\C[C@@H](C)O)c1C.COc1cc2c(c(OC)c1)C(=O)O[C@@H](C)C/C=C\C(C)[C@H]1OC(C)(C)O[C@H]1CCC2. The zero-order chi connectivity index (χ0) is 45.9. The van der Waals surface area contributed by atoms with Crippen molar-refractivity contribution in [1.29, 1.82) is 0 Å². The van der Waals surface area contributed by atoms with Crippen LogP contribution in [0.1, 0.15) is 125 Å². The van der Waals surface area contributed by atoms with Crippen LogP contribution < -0.4 is 18.9 Å². The Morgan fingerprint density at radius 2 is 1.58 bits per heavy atom. The van der Waals surface area contributed by atoms with Gasteiger partial charge in [-0.2, -0.15) is 0 Å². The van der Waals surface area contributed by atoms with Gasteiger partial charge in [-0.1, -0.05) is 50.3 Å². The minimum absolute atomic E-state index is 0.00270. The van der Waals surface area contributed by atoms with Gasteiger partial charge in [-0.15, -0.1) is 0 Å². The topological polar surface area (TPSA) is 158 Å². The number of aromatic carboxylic acids is 1. The molecule has 13 heteroatoms. The van der Waals surface area contributed by atoms with Crippen LogP contribution in [0, 0.1) is 18.8 Å². The fourth-order valence-electron chi connectivity index (χ4n) is 8.23. The molecule has 62 heavy (non-hydrogen) atoms. The highest BCUT2D eigenvalue weighted by Gasteiger charge is 2.44. The molecular weight excluding hydrogens is 797 g/mol. The van der Waals surface area contributed by atoms with Gasteiger partial charge < -0.3 is 52.8 Å². The van der Waals surface area contributed by atoms with Crippen LogP contribution in [0.3, 0.4) is 0 Å². The normalized spacial score (nSPS) is 26.3. The minimum atomic E-state index is -1.07. The number of cyclic esters (lactones) is 1. The summed E-state index contributed by atoms with van der Waals surface area (Å²) in [5.74, 6) is -0.519. The number of aliphatic hydroxyl groups is 1. The number of hydrogen-bond donors (Lipinski definition) is 2. The van der Waals surface area contributed by atoms with Crippen molar-refractivity contribution >= 4 is 18.0 Å². The summed E-state index contributed by atoms with van der Waals surface area (Å²) >= 11 is 0. The molecule has 2 aromatic rings. The lowest BCUT2D eigenvalue weighted by Gasteiger charge is -2.22. The van der Waals surface area contributed by atoms with Gasteiger partial charge in [0.15, 0.2) is 11.6 Å². The lowest BCUT2D eigenvalue weighted by molar-refractivity contribution is -0.149. The fraction of sp³-hybridized carbons (Fsp3) is 0.592. The van der Waals surface area contributed by atoms with Crippen molar-refractivity contribution in [2.24, 2.45) is 11.8 Å². The number of carbonyl (C=O) groups is 2. The molecule has 0 saturated carbocycles. The summed E-state index contributed by atoms with van der Waals surface area (Å²) in [5, 5.41) is 19.2. The van der Waals surface area contributed by atoms with Crippen LogP contribution in [0.25, 0.3) is 6.08 Å². The average Bonchev–Trinajstić information content (AvgIpc) is 3.70. The Morgan fingerprint density at radius 1 is 0.903 bits per heavy atom. The summed E-state index contributed by atoms with van der Waals surface area (Å²) in [6.45, 7) is 17.4. The van der Waals surface area contributed by atoms with Gasteiger partial charge in [-0.05, 0) is 103 Å². The third-order valence-electron chi connectivity index (χ3n) is 11.2. The number of carbonyl (C=O) groups excluding carboxylic acids is 1. The number of benzene rings is 2. The largest absolute Gasteiger partial charge is 0.497 e. The van der Waals surface area contributed by atoms with Crippen molar-refractivity contribution < 1.29 is 62.4 Å². The van der Waals surface area contributed by atoms with Gasteiger partial charge in [0.1, 0.15) is 40.2 Å². The number of rotatable bonds is 12. The Bertz CT molecular complexity index is 1910. The first kappa shape index (κ1) is 50.2. The van der Waals surface area contributed by atoms with Crippen LogP contribution in [0.5, 0.6) is 23.0 Å². The van der Waals surface area contributed by atoms with Crippen molar-refractivity contribution in [3.05, 3.63) is 76.4 Å². The molecule has 8 atom stereocenters. The van der Waals surface area contributed by atoms with E-state index in [9.17, 15) is 19.8 Å². The number of hydrogen-bond acceptors (Lipinski definition) is 12. The van der Waals surface area contributed by atoms with Crippen molar-refractivity contribution in [1.82, 2.24) is 0 Å². The summed E-state index contributed by atoms with van der Waals surface area (Å²) in [7, 11) is 6.14. The number of esters is 1. The molecule has 0 spiro atoms. The predicted molar refractivity (Wildman–Crippen MR) is 237 cm³/mol. The molecule has 0 aromatic heterocycles. The third kappa shape index (κ3) is 13.3. The molecule has 0 amide bonds. The molecule has 13 nitrogen and oxygen atoms in total. The highest BCUT2D eigenvalue weighted by atomic mass is 16.8. The highest BCUT2D eigenvalue weighted by molar-refractivity contribution is 5.97. The van der Waals surface area contributed by atoms with Gasteiger partial charge in [0.2, 0.25) is 0 Å². The lowest BCUT2D eigenvalue weighted by atomic mass is 9.93. The van der Waals surface area contributed by atoms with Crippen LogP contribution in [-0.4, -0.2) is 98.8 Å². The molecule has 344 valence electrons. The van der Waals surface area contributed by atoms with E-state index < -0.39 is 17.5 Å². The van der Waals surface area contributed by atoms with E-state index in [1.165, 1.54) is 7.11 Å². The molecule has 3 heterocycles. The van der Waals surface area contributed by atoms with Crippen LogP contribution in [-0.2, 0) is 30.1 Å². The lowest BCUT2D eigenvalue weighted by Crippen LogP contribution is -2.29.